The standard InChI is InChI=1S/C16H17ClN4/c1-2-3-7-18-15-14-13(9-19-16(14)21-10-20-15)11-5-4-6-12(17)8-11/h4-6,8-10H,2-3,7H2,1H3,(H2,18,19,20,21). The molecule has 0 aliphatic carbocycles. The van der Waals surface area contributed by atoms with E-state index in [0.29, 0.717) is 0 Å². The molecule has 3 aromatic rings. The second-order valence-corrected chi connectivity index (χ2v) is 5.38. The molecule has 2 aromatic heterocycles. The van der Waals surface area contributed by atoms with E-state index in [1.807, 2.05) is 30.5 Å². The molecule has 0 bridgehead atoms. The highest BCUT2D eigenvalue weighted by atomic mass is 35.5. The summed E-state index contributed by atoms with van der Waals surface area (Å²) in [6, 6.07) is 7.81. The number of nitrogens with zero attached hydrogens (tertiary/aromatic N) is 2. The molecule has 108 valence electrons. The molecule has 3 rings (SSSR count). The zero-order chi connectivity index (χ0) is 14.7. The molecule has 4 nitrogen and oxygen atoms in total. The first-order valence-corrected chi connectivity index (χ1v) is 7.49. The minimum absolute atomic E-state index is 0.721. The summed E-state index contributed by atoms with van der Waals surface area (Å²) in [6.45, 7) is 3.08. The number of halogens is 1. The average Bonchev–Trinajstić information content (AvgIpc) is 2.92. The Hall–Kier alpha value is -2.07. The van der Waals surface area contributed by atoms with Crippen molar-refractivity contribution in [1.29, 1.82) is 0 Å². The summed E-state index contributed by atoms with van der Waals surface area (Å²) in [5.41, 5.74) is 2.95. The molecule has 0 atom stereocenters. The lowest BCUT2D eigenvalue weighted by molar-refractivity contribution is 0.831. The van der Waals surface area contributed by atoms with Crippen LogP contribution in [0.25, 0.3) is 22.2 Å². The third-order valence-corrected chi connectivity index (χ3v) is 3.66. The quantitative estimate of drug-likeness (QED) is 0.683. The molecule has 0 spiro atoms. The molecule has 0 aliphatic rings. The van der Waals surface area contributed by atoms with Gasteiger partial charge in [-0.05, 0) is 24.1 Å². The van der Waals surface area contributed by atoms with Crippen molar-refractivity contribution < 1.29 is 0 Å². The smallest absolute Gasteiger partial charge is 0.143 e. The number of H-pyrrole nitrogens is 1. The van der Waals surface area contributed by atoms with E-state index < -0.39 is 0 Å². The third-order valence-electron chi connectivity index (χ3n) is 3.43. The molecule has 0 fully saturated rings. The van der Waals surface area contributed by atoms with Crippen molar-refractivity contribution in [3.63, 3.8) is 0 Å². The van der Waals surface area contributed by atoms with E-state index in [0.717, 1.165) is 52.4 Å². The van der Waals surface area contributed by atoms with Gasteiger partial charge in [-0.2, -0.15) is 0 Å². The van der Waals surface area contributed by atoms with E-state index in [1.165, 1.54) is 0 Å². The summed E-state index contributed by atoms with van der Waals surface area (Å²) in [6.07, 6.45) is 5.79. The average molecular weight is 301 g/mol. The van der Waals surface area contributed by atoms with Crippen LogP contribution in [0.15, 0.2) is 36.8 Å². The van der Waals surface area contributed by atoms with Crippen molar-refractivity contribution in [3.05, 3.63) is 41.8 Å². The number of benzene rings is 1. The van der Waals surface area contributed by atoms with Gasteiger partial charge in [0, 0.05) is 23.3 Å². The number of aromatic amines is 1. The summed E-state index contributed by atoms with van der Waals surface area (Å²) in [4.78, 5) is 11.9. The fourth-order valence-corrected chi connectivity index (χ4v) is 2.55. The maximum absolute atomic E-state index is 6.10. The molecule has 5 heteroatoms. The number of hydrogen-bond donors (Lipinski definition) is 2. The van der Waals surface area contributed by atoms with Gasteiger partial charge in [-0.25, -0.2) is 9.97 Å². The zero-order valence-corrected chi connectivity index (χ0v) is 12.6. The van der Waals surface area contributed by atoms with Crippen LogP contribution in [0.1, 0.15) is 19.8 Å². The van der Waals surface area contributed by atoms with Gasteiger partial charge in [-0.15, -0.1) is 0 Å². The van der Waals surface area contributed by atoms with Crippen LogP contribution in [-0.2, 0) is 0 Å². The molecular weight excluding hydrogens is 284 g/mol. The Kier molecular flexibility index (Phi) is 4.06. The summed E-state index contributed by atoms with van der Waals surface area (Å²) in [5.74, 6) is 0.865. The SMILES string of the molecule is CCCCNc1ncnc2[nH]cc(-c3cccc(Cl)c3)c12. The highest BCUT2D eigenvalue weighted by Gasteiger charge is 2.12. The molecule has 2 N–H and O–H groups in total. The lowest BCUT2D eigenvalue weighted by Crippen LogP contribution is -2.03. The normalized spacial score (nSPS) is 11.0. The Labute approximate surface area is 128 Å². The fourth-order valence-electron chi connectivity index (χ4n) is 2.36. The van der Waals surface area contributed by atoms with Crippen LogP contribution < -0.4 is 5.32 Å². The van der Waals surface area contributed by atoms with Crippen LogP contribution in [0.5, 0.6) is 0 Å². The van der Waals surface area contributed by atoms with Gasteiger partial charge < -0.3 is 10.3 Å². The van der Waals surface area contributed by atoms with Crippen molar-refractivity contribution >= 4 is 28.5 Å². The largest absolute Gasteiger partial charge is 0.369 e. The van der Waals surface area contributed by atoms with Gasteiger partial charge in [0.1, 0.15) is 17.8 Å². The topological polar surface area (TPSA) is 53.6 Å². The second kappa shape index (κ2) is 6.14. The van der Waals surface area contributed by atoms with Gasteiger partial charge in [-0.3, -0.25) is 0 Å². The lowest BCUT2D eigenvalue weighted by Gasteiger charge is -2.07. The maximum Gasteiger partial charge on any atom is 0.143 e. The number of rotatable bonds is 5. The summed E-state index contributed by atoms with van der Waals surface area (Å²) in [5, 5.41) is 5.13. The molecule has 0 saturated carbocycles. The molecular formula is C16H17ClN4. The van der Waals surface area contributed by atoms with E-state index in [4.69, 9.17) is 11.6 Å². The molecule has 21 heavy (non-hydrogen) atoms. The first-order valence-electron chi connectivity index (χ1n) is 7.11. The monoisotopic (exact) mass is 300 g/mol. The number of fused-ring (bicyclic) bond motifs is 1. The number of aromatic nitrogens is 3. The van der Waals surface area contributed by atoms with Crippen LogP contribution in [0.2, 0.25) is 5.02 Å². The minimum Gasteiger partial charge on any atom is -0.369 e. The van der Waals surface area contributed by atoms with Gasteiger partial charge in [0.2, 0.25) is 0 Å². The molecule has 0 saturated heterocycles. The number of hydrogen-bond acceptors (Lipinski definition) is 3. The predicted molar refractivity (Wildman–Crippen MR) is 87.7 cm³/mol. The van der Waals surface area contributed by atoms with E-state index in [-0.39, 0.29) is 0 Å². The number of anilines is 1. The molecule has 1 aromatic carbocycles. The second-order valence-electron chi connectivity index (χ2n) is 4.94. The number of nitrogens with one attached hydrogen (secondary N) is 2. The maximum atomic E-state index is 6.10. The number of unbranched alkanes of at least 4 members (excludes halogenated alkanes) is 1. The van der Waals surface area contributed by atoms with Gasteiger partial charge >= 0.3 is 0 Å². The fraction of sp³-hybridized carbons (Fsp3) is 0.250. The molecule has 2 heterocycles. The third kappa shape index (κ3) is 2.85. The molecule has 0 radical (unpaired) electrons. The molecule has 0 amide bonds. The first kappa shape index (κ1) is 13.9. The Morgan fingerprint density at radius 1 is 1.29 bits per heavy atom. The van der Waals surface area contributed by atoms with Crippen LogP contribution in [-0.4, -0.2) is 21.5 Å². The van der Waals surface area contributed by atoms with Crippen LogP contribution in [0.3, 0.4) is 0 Å². The summed E-state index contributed by atoms with van der Waals surface area (Å²) >= 11 is 6.10. The van der Waals surface area contributed by atoms with Crippen molar-refractivity contribution in [2.24, 2.45) is 0 Å². The van der Waals surface area contributed by atoms with Crippen molar-refractivity contribution in [1.82, 2.24) is 15.0 Å². The zero-order valence-electron chi connectivity index (χ0n) is 11.9. The molecule has 0 unspecified atom stereocenters. The van der Waals surface area contributed by atoms with E-state index in [2.05, 4.69) is 27.2 Å². The van der Waals surface area contributed by atoms with E-state index in [9.17, 15) is 0 Å². The van der Waals surface area contributed by atoms with Crippen LogP contribution >= 0.6 is 11.6 Å². The van der Waals surface area contributed by atoms with Crippen molar-refractivity contribution in [2.45, 2.75) is 19.8 Å². The first-order chi connectivity index (χ1) is 10.3. The van der Waals surface area contributed by atoms with Gasteiger partial charge in [0.15, 0.2) is 0 Å². The van der Waals surface area contributed by atoms with Gasteiger partial charge in [0.05, 0.1) is 5.39 Å². The predicted octanol–water partition coefficient (Wildman–Crippen LogP) is 4.49. The van der Waals surface area contributed by atoms with Crippen LogP contribution in [0, 0.1) is 0 Å². The Morgan fingerprint density at radius 2 is 2.19 bits per heavy atom. The van der Waals surface area contributed by atoms with E-state index in [1.54, 1.807) is 6.33 Å². The summed E-state index contributed by atoms with van der Waals surface area (Å²) in [7, 11) is 0. The lowest BCUT2D eigenvalue weighted by atomic mass is 10.1. The Bertz CT molecular complexity index is 751. The minimum atomic E-state index is 0.721. The van der Waals surface area contributed by atoms with Gasteiger partial charge in [0.25, 0.3) is 0 Å². The highest BCUT2D eigenvalue weighted by molar-refractivity contribution is 6.30. The van der Waals surface area contributed by atoms with Crippen molar-refractivity contribution in [2.75, 3.05) is 11.9 Å². The Balaban J connectivity index is 2.07. The van der Waals surface area contributed by atoms with Crippen molar-refractivity contribution in [3.8, 4) is 11.1 Å². The highest BCUT2D eigenvalue weighted by Crippen LogP contribution is 2.32. The van der Waals surface area contributed by atoms with E-state index >= 15 is 0 Å². The molecule has 0 aliphatic heterocycles. The van der Waals surface area contributed by atoms with Crippen LogP contribution in [0.4, 0.5) is 5.82 Å². The summed E-state index contributed by atoms with van der Waals surface area (Å²) < 4.78 is 0. The Morgan fingerprint density at radius 3 is 3.00 bits per heavy atom. The van der Waals surface area contributed by atoms with Gasteiger partial charge in [-0.1, -0.05) is 37.1 Å².